The molecule has 0 spiro atoms. The number of ketones is 1. The molecular weight excluding hydrogens is 1050 g/mol. The summed E-state index contributed by atoms with van der Waals surface area (Å²) in [6.07, 6.45) is 5.94. The standard InChI is InChI=1S/C58H82N5O14S2/c1-9-10-33-63(8,34-14-13-20-46(64)21-15-24-54(67)77-61-52(65)27-28-53(61)66)35-16-29-59-57(68)45-39-43(4)56(44(5)40-45)76-58(69)55-48-22-11-12-23-50(48)60(51-26-25-47(41-49(51)55)75-42(2)3)30-17-36-78(70,71)37-18-31-62(6,7)32-19-38-79(72,73)74/h11-12,22-23,25-26,39-42H,9-10,13-21,24,27-38H2,1-8H3/q+1/p+1. The van der Waals surface area contributed by atoms with E-state index in [1.165, 1.54) is 0 Å². The fourth-order valence-corrected chi connectivity index (χ4v) is 12.0. The van der Waals surface area contributed by atoms with Crippen molar-refractivity contribution in [3.63, 3.8) is 0 Å². The second-order valence-electron chi connectivity index (χ2n) is 22.2. The third kappa shape index (κ3) is 20.0. The SMILES string of the molecule is CCCC[N+](C)(CCCCC(=O)CCCC(=O)ON1C(=O)CCC1=O)CCCNC(=O)c1cc(C)c(OC(=O)c2c3ccccc3[n+](CCCS(=O)(=O)CCC[N+](C)(C)CCCS(=O)(=O)[O-])c3ccc(OC(C)C)cc23)c(C)c1. The second kappa shape index (κ2) is 29.0. The molecule has 0 radical (unpaired) electrons. The van der Waals surface area contributed by atoms with Gasteiger partial charge in [0.15, 0.2) is 16.4 Å². The Morgan fingerprint density at radius 1 is 0.722 bits per heavy atom. The van der Waals surface area contributed by atoms with Gasteiger partial charge in [-0.2, -0.15) is 4.57 Å². The number of pyridine rings is 1. The number of ether oxygens (including phenoxy) is 2. The maximum Gasteiger partial charge on any atom is 0.345 e. The predicted molar refractivity (Wildman–Crippen MR) is 300 cm³/mol. The molecule has 21 heteroatoms. The number of para-hydroxylation sites is 1. The number of hydrogen-bond acceptors (Lipinski definition) is 14. The van der Waals surface area contributed by atoms with Gasteiger partial charge in [0.05, 0.1) is 97.9 Å². The van der Waals surface area contributed by atoms with Crippen molar-refractivity contribution in [3.8, 4) is 11.5 Å². The topological polar surface area (TPSA) is 241 Å². The quantitative estimate of drug-likeness (QED) is 0.00725. The lowest BCUT2D eigenvalue weighted by Gasteiger charge is -2.35. The lowest BCUT2D eigenvalue weighted by Crippen LogP contribution is -2.47. The zero-order valence-corrected chi connectivity index (χ0v) is 49.2. The van der Waals surface area contributed by atoms with Gasteiger partial charge < -0.3 is 33.1 Å². The number of nitrogens with zero attached hydrogens (tertiary/aromatic N) is 4. The average Bonchev–Trinajstić information content (AvgIpc) is 3.76. The van der Waals surface area contributed by atoms with E-state index in [9.17, 15) is 50.2 Å². The number of carbonyl (C=O) groups excluding carboxylic acids is 6. The van der Waals surface area contributed by atoms with E-state index in [0.717, 1.165) is 49.8 Å². The Bertz CT molecular complexity index is 3030. The molecule has 1 N–H and O–H groups in total. The molecule has 3 aromatic carbocycles. The Morgan fingerprint density at radius 2 is 1.33 bits per heavy atom. The summed E-state index contributed by atoms with van der Waals surface area (Å²) in [6, 6.07) is 16.3. The first-order valence-electron chi connectivity index (χ1n) is 27.7. The molecular formula is C58H83N5O14S2+2. The van der Waals surface area contributed by atoms with Crippen molar-refractivity contribution >= 4 is 77.2 Å². The number of quaternary nitrogens is 2. The number of carbonyl (C=O) groups is 6. The minimum absolute atomic E-state index is 0.0216. The van der Waals surface area contributed by atoms with Crippen LogP contribution in [0.4, 0.5) is 0 Å². The van der Waals surface area contributed by atoms with E-state index in [0.29, 0.717) is 117 Å². The molecule has 1 fully saturated rings. The molecule has 0 bridgehead atoms. The Balaban J connectivity index is 1.19. The van der Waals surface area contributed by atoms with Gasteiger partial charge in [0.2, 0.25) is 11.0 Å². The van der Waals surface area contributed by atoms with Crippen LogP contribution in [-0.4, -0.2) is 155 Å². The largest absolute Gasteiger partial charge is 0.748 e. The van der Waals surface area contributed by atoms with Crippen molar-refractivity contribution < 1.29 is 78.0 Å². The molecule has 1 aromatic heterocycles. The monoisotopic (exact) mass is 1140 g/mol. The van der Waals surface area contributed by atoms with Gasteiger partial charge >= 0.3 is 11.9 Å². The van der Waals surface area contributed by atoms with E-state index in [-0.39, 0.29) is 67.8 Å². The van der Waals surface area contributed by atoms with Crippen molar-refractivity contribution in [2.24, 2.45) is 0 Å². The number of unbranched alkanes of at least 4 members (excludes halogenated alkanes) is 2. The first-order valence-corrected chi connectivity index (χ1v) is 31.1. The zero-order chi connectivity index (χ0) is 58.1. The average molecular weight is 1140 g/mol. The molecule has 3 amide bonds. The first kappa shape index (κ1) is 64.0. The molecule has 5 rings (SSSR count). The maximum absolute atomic E-state index is 14.7. The number of aryl methyl sites for hydroxylation is 3. The maximum atomic E-state index is 14.7. The second-order valence-corrected chi connectivity index (χ2v) is 26.1. The number of rotatable bonds is 34. The van der Waals surface area contributed by atoms with Gasteiger partial charge in [-0.25, -0.2) is 26.4 Å². The fourth-order valence-electron chi connectivity index (χ4n) is 10.2. The summed E-state index contributed by atoms with van der Waals surface area (Å²) in [5.74, 6) is -2.29. The van der Waals surface area contributed by atoms with Crippen molar-refractivity contribution in [2.45, 2.75) is 137 Å². The smallest absolute Gasteiger partial charge is 0.345 e. The molecule has 1 atom stereocenters. The number of benzene rings is 3. The van der Waals surface area contributed by atoms with Gasteiger partial charge in [0.25, 0.3) is 17.7 Å². The normalized spacial score (nSPS) is 14.0. The van der Waals surface area contributed by atoms with E-state index in [1.807, 2.05) is 75.0 Å². The first-order chi connectivity index (χ1) is 37.2. The number of Topliss-reactive ketones (excluding diaryl/α,β-unsaturated/α-hetero) is 1. The highest BCUT2D eigenvalue weighted by Gasteiger charge is 2.33. The Hall–Kier alpha value is -5.87. The molecule has 1 aliphatic rings. The van der Waals surface area contributed by atoms with Crippen LogP contribution in [0.5, 0.6) is 11.5 Å². The van der Waals surface area contributed by atoms with E-state index in [2.05, 4.69) is 19.3 Å². The third-order valence-electron chi connectivity index (χ3n) is 14.3. The third-order valence-corrected chi connectivity index (χ3v) is 17.0. The van der Waals surface area contributed by atoms with Crippen molar-refractivity contribution in [2.75, 3.05) is 77.7 Å². The summed E-state index contributed by atoms with van der Waals surface area (Å²) in [6.45, 7) is 13.9. The van der Waals surface area contributed by atoms with Crippen LogP contribution in [-0.2, 0) is 50.5 Å². The van der Waals surface area contributed by atoms with Crippen LogP contribution < -0.4 is 19.4 Å². The highest BCUT2D eigenvalue weighted by Crippen LogP contribution is 2.32. The molecule has 19 nitrogen and oxygen atoms in total. The lowest BCUT2D eigenvalue weighted by atomic mass is 10.0. The summed E-state index contributed by atoms with van der Waals surface area (Å²) in [5, 5.41) is 4.75. The summed E-state index contributed by atoms with van der Waals surface area (Å²) in [5.41, 5.74) is 3.32. The Kier molecular flexibility index (Phi) is 23.5. The van der Waals surface area contributed by atoms with Gasteiger partial charge in [-0.1, -0.05) is 25.5 Å². The number of sulfone groups is 1. The Labute approximate surface area is 466 Å². The van der Waals surface area contributed by atoms with Crippen LogP contribution in [0.25, 0.3) is 21.8 Å². The number of esters is 1. The molecule has 0 aliphatic carbocycles. The van der Waals surface area contributed by atoms with Crippen LogP contribution >= 0.6 is 0 Å². The van der Waals surface area contributed by atoms with Crippen molar-refractivity contribution in [3.05, 3.63) is 76.9 Å². The number of hydroxylamine groups is 2. The molecule has 2 heterocycles. The summed E-state index contributed by atoms with van der Waals surface area (Å²) < 4.78 is 75.4. The van der Waals surface area contributed by atoms with Gasteiger partial charge in [0, 0.05) is 87.8 Å². The molecule has 1 unspecified atom stereocenters. The van der Waals surface area contributed by atoms with Crippen LogP contribution in [0.15, 0.2) is 54.6 Å². The number of aromatic nitrogens is 1. The van der Waals surface area contributed by atoms with Gasteiger partial charge in [-0.05, 0) is 94.8 Å². The van der Waals surface area contributed by atoms with Crippen LogP contribution in [0, 0.1) is 13.8 Å². The van der Waals surface area contributed by atoms with E-state index < -0.39 is 49.5 Å². The van der Waals surface area contributed by atoms with Gasteiger partial charge in [-0.3, -0.25) is 19.2 Å². The Morgan fingerprint density at radius 3 is 1.99 bits per heavy atom. The lowest BCUT2D eigenvalue weighted by molar-refractivity contribution is -0.910. The zero-order valence-electron chi connectivity index (χ0n) is 47.6. The van der Waals surface area contributed by atoms with Crippen LogP contribution in [0.2, 0.25) is 0 Å². The number of nitrogens with one attached hydrogen (secondary N) is 1. The highest BCUT2D eigenvalue weighted by atomic mass is 32.2. The van der Waals surface area contributed by atoms with Crippen LogP contribution in [0.3, 0.4) is 0 Å². The molecule has 1 saturated heterocycles. The van der Waals surface area contributed by atoms with E-state index >= 15 is 0 Å². The number of hydrogen-bond donors (Lipinski definition) is 1. The van der Waals surface area contributed by atoms with E-state index in [4.69, 9.17) is 14.3 Å². The summed E-state index contributed by atoms with van der Waals surface area (Å²) in [7, 11) is -1.81. The van der Waals surface area contributed by atoms with Crippen molar-refractivity contribution in [1.29, 1.82) is 0 Å². The number of fused-ring (bicyclic) bond motifs is 2. The molecule has 79 heavy (non-hydrogen) atoms. The summed E-state index contributed by atoms with van der Waals surface area (Å²) >= 11 is 0. The molecule has 0 saturated carbocycles. The van der Waals surface area contributed by atoms with Crippen LogP contribution in [0.1, 0.15) is 143 Å². The van der Waals surface area contributed by atoms with Gasteiger partial charge in [0.1, 0.15) is 17.3 Å². The van der Waals surface area contributed by atoms with E-state index in [1.54, 1.807) is 26.0 Å². The molecule has 434 valence electrons. The minimum atomic E-state index is -4.32. The fraction of sp³-hybridized carbons (Fsp3) is 0.569. The summed E-state index contributed by atoms with van der Waals surface area (Å²) in [4.78, 5) is 81.2. The predicted octanol–water partition coefficient (Wildman–Crippen LogP) is 6.99. The molecule has 1 aliphatic heterocycles. The van der Waals surface area contributed by atoms with Gasteiger partial charge in [-0.15, -0.1) is 5.06 Å². The number of imide groups is 1. The van der Waals surface area contributed by atoms with Crippen molar-refractivity contribution in [1.82, 2.24) is 10.4 Å². The highest BCUT2D eigenvalue weighted by molar-refractivity contribution is 7.91. The minimum Gasteiger partial charge on any atom is -0.748 e. The number of amides is 3. The molecule has 4 aromatic rings.